The van der Waals surface area contributed by atoms with Crippen LogP contribution in [0.5, 0.6) is 5.75 Å². The summed E-state index contributed by atoms with van der Waals surface area (Å²) in [5.74, 6) is 0.652. The van der Waals surface area contributed by atoms with Crippen LogP contribution in [0.15, 0.2) is 18.3 Å². The maximum atomic E-state index is 13.3. The van der Waals surface area contributed by atoms with Gasteiger partial charge in [-0.05, 0) is 94.1 Å². The first-order valence-electron chi connectivity index (χ1n) is 11.4. The summed E-state index contributed by atoms with van der Waals surface area (Å²) in [5, 5.41) is 0. The second-order valence-corrected chi connectivity index (χ2v) is 26.8. The number of halogens is 2. The lowest BCUT2D eigenvalue weighted by Crippen LogP contribution is -2.77. The molecule has 2 saturated carbocycles. The van der Waals surface area contributed by atoms with Crippen molar-refractivity contribution in [3.63, 3.8) is 0 Å². The molecule has 1 aromatic heterocycles. The molecule has 3 aliphatic rings. The molecular weight excluding hydrogens is 705 g/mol. The first kappa shape index (κ1) is 27.5. The Morgan fingerprint density at radius 3 is 2.62 bits per heavy atom. The summed E-state index contributed by atoms with van der Waals surface area (Å²) in [6.45, 7) is 0.508. The molecule has 190 valence electrons. The minimum Gasteiger partial charge on any atom is -0.490 e. The summed E-state index contributed by atoms with van der Waals surface area (Å²) in [7, 11) is 3.12. The Kier molecular flexibility index (Phi) is 10.0. The van der Waals surface area contributed by atoms with Crippen molar-refractivity contribution in [3.05, 3.63) is 24.0 Å². The van der Waals surface area contributed by atoms with E-state index in [9.17, 15) is 4.79 Å². The van der Waals surface area contributed by atoms with Crippen molar-refractivity contribution < 1.29 is 27.9 Å². The summed E-state index contributed by atoms with van der Waals surface area (Å²) >= 11 is 6.10. The number of hydrogen-bond acceptors (Lipinski definition) is 8. The van der Waals surface area contributed by atoms with Crippen LogP contribution in [0.25, 0.3) is 0 Å². The lowest BCUT2D eigenvalue weighted by molar-refractivity contribution is -0.236. The predicted molar refractivity (Wildman–Crippen MR) is 149 cm³/mol. The molecule has 1 aromatic rings. The summed E-state index contributed by atoms with van der Waals surface area (Å²) in [6, 6.07) is 3.52. The summed E-state index contributed by atoms with van der Waals surface area (Å²) in [5.41, 5.74) is 0.262. The number of aromatic nitrogens is 1. The monoisotopic (exact) mass is 736 g/mol. The van der Waals surface area contributed by atoms with E-state index in [0.717, 1.165) is 24.3 Å². The Morgan fingerprint density at radius 2 is 1.97 bits per heavy atom. The van der Waals surface area contributed by atoms with Gasteiger partial charge in [0.05, 0.1) is 18.8 Å². The van der Waals surface area contributed by atoms with Crippen LogP contribution in [-0.4, -0.2) is 67.9 Å². The fraction of sp³-hybridized carbons (Fsp3) is 0.727. The first-order chi connectivity index (χ1) is 16.4. The highest BCUT2D eigenvalue weighted by Crippen LogP contribution is 2.65. The Labute approximate surface area is 232 Å². The molecule has 1 amide bonds. The average molecular weight is 736 g/mol. The Balaban J connectivity index is 1.46. The van der Waals surface area contributed by atoms with Crippen LogP contribution in [-0.2, 0) is 29.6 Å². The van der Waals surface area contributed by atoms with Crippen LogP contribution in [0.1, 0.15) is 44.2 Å². The van der Waals surface area contributed by atoms with E-state index in [1.165, 1.54) is 37.3 Å². The highest BCUT2D eigenvalue weighted by atomic mass is 127. The number of rotatable bonds is 13. The molecule has 1 saturated heterocycles. The molecule has 0 bridgehead atoms. The van der Waals surface area contributed by atoms with E-state index in [0.29, 0.717) is 18.4 Å². The third-order valence-corrected chi connectivity index (χ3v) is 11.0. The summed E-state index contributed by atoms with van der Waals surface area (Å²) < 4.78 is 28.3. The third kappa shape index (κ3) is 6.49. The van der Waals surface area contributed by atoms with Gasteiger partial charge in [0, 0.05) is 50.3 Å². The molecular formula is C22H31I2N2O6PS. The van der Waals surface area contributed by atoms with Gasteiger partial charge in [-0.3, -0.25) is 9.78 Å². The highest BCUT2D eigenvalue weighted by molar-refractivity contribution is 14.3. The SMILES string of the molecule is COCO[C@@]1(Cc2cc(OC3CCC4(CC3)CC4)ccn2)C(=O)N(COC)[C@H]1COSP(I)I. The van der Waals surface area contributed by atoms with E-state index >= 15 is 0 Å². The maximum Gasteiger partial charge on any atom is 0.259 e. The Morgan fingerprint density at radius 1 is 1.21 bits per heavy atom. The molecule has 2 aliphatic carbocycles. The van der Waals surface area contributed by atoms with Crippen molar-refractivity contribution in [1.82, 2.24) is 9.88 Å². The number of pyridine rings is 1. The molecule has 1 spiro atoms. The quantitative estimate of drug-likeness (QED) is 0.0845. The van der Waals surface area contributed by atoms with Crippen LogP contribution >= 0.6 is 58.2 Å². The van der Waals surface area contributed by atoms with Gasteiger partial charge in [0.1, 0.15) is 21.7 Å². The number of amides is 1. The van der Waals surface area contributed by atoms with Crippen molar-refractivity contribution in [2.24, 2.45) is 5.41 Å². The topological polar surface area (TPSA) is 79.4 Å². The van der Waals surface area contributed by atoms with Crippen LogP contribution in [0, 0.1) is 5.41 Å². The molecule has 2 atom stereocenters. The molecule has 0 aromatic carbocycles. The molecule has 8 nitrogen and oxygen atoms in total. The number of β-lactam (4-membered cyclic amide) rings is 1. The summed E-state index contributed by atoms with van der Waals surface area (Å²) in [6.07, 6.45) is 9.82. The van der Waals surface area contributed by atoms with Gasteiger partial charge in [-0.1, -0.05) is 0 Å². The second-order valence-electron chi connectivity index (χ2n) is 9.19. The number of likely N-dealkylation sites (tertiary alicyclic amines) is 1. The van der Waals surface area contributed by atoms with Gasteiger partial charge in [-0.2, -0.15) is 0 Å². The van der Waals surface area contributed by atoms with Gasteiger partial charge in [-0.15, -0.1) is 0 Å². The number of carbonyl (C=O) groups is 1. The minimum atomic E-state index is -1.12. The van der Waals surface area contributed by atoms with Crippen molar-refractivity contribution >= 4 is 64.1 Å². The van der Waals surface area contributed by atoms with Crippen molar-refractivity contribution in [3.8, 4) is 5.75 Å². The van der Waals surface area contributed by atoms with Crippen LogP contribution in [0.3, 0.4) is 0 Å². The Hall–Kier alpha value is 0.500. The molecule has 1 aliphatic heterocycles. The molecule has 0 radical (unpaired) electrons. The average Bonchev–Trinajstić information content (AvgIpc) is 3.59. The number of hydrogen-bond donors (Lipinski definition) is 0. The van der Waals surface area contributed by atoms with Crippen LogP contribution < -0.4 is 4.74 Å². The minimum absolute atomic E-state index is 0.00149. The van der Waals surface area contributed by atoms with E-state index in [2.05, 4.69) is 49.1 Å². The van der Waals surface area contributed by atoms with Gasteiger partial charge in [-0.25, -0.2) is 0 Å². The number of nitrogens with zero attached hydrogens (tertiary/aromatic N) is 2. The summed E-state index contributed by atoms with van der Waals surface area (Å²) in [4.78, 5) is 19.5. The zero-order chi connectivity index (χ0) is 24.2. The van der Waals surface area contributed by atoms with Gasteiger partial charge in [0.15, 0.2) is 5.60 Å². The molecule has 0 N–H and O–H groups in total. The molecule has 0 unspecified atom stereocenters. The van der Waals surface area contributed by atoms with Gasteiger partial charge in [0.2, 0.25) is 0 Å². The maximum absolute atomic E-state index is 13.3. The molecule has 3 fully saturated rings. The fourth-order valence-corrected chi connectivity index (χ4v) is 7.75. The normalized spacial score (nSPS) is 26.2. The zero-order valence-corrected chi connectivity index (χ0v) is 25.4. The van der Waals surface area contributed by atoms with E-state index < -0.39 is 5.60 Å². The van der Waals surface area contributed by atoms with Crippen molar-refractivity contribution in [2.45, 2.75) is 62.7 Å². The molecule has 4 rings (SSSR count). The molecule has 2 heterocycles. The van der Waals surface area contributed by atoms with Gasteiger partial charge >= 0.3 is 0 Å². The van der Waals surface area contributed by atoms with Crippen molar-refractivity contribution in [1.29, 1.82) is 0 Å². The first-order valence-corrected chi connectivity index (χ1v) is 19.6. The van der Waals surface area contributed by atoms with E-state index in [1.54, 1.807) is 25.3 Å². The number of ether oxygens (including phenoxy) is 4. The molecule has 12 heteroatoms. The number of carbonyl (C=O) groups excluding carboxylic acids is 1. The smallest absolute Gasteiger partial charge is 0.259 e. The molecule has 34 heavy (non-hydrogen) atoms. The Bertz CT molecular complexity index is 841. The van der Waals surface area contributed by atoms with Gasteiger partial charge < -0.3 is 28.0 Å². The zero-order valence-electron chi connectivity index (χ0n) is 19.4. The number of methoxy groups -OCH3 is 2. The largest absolute Gasteiger partial charge is 0.490 e. The predicted octanol–water partition coefficient (Wildman–Crippen LogP) is 5.66. The fourth-order valence-electron chi connectivity index (χ4n) is 5.01. The third-order valence-electron chi connectivity index (χ3n) is 7.06. The van der Waals surface area contributed by atoms with E-state index in [4.69, 9.17) is 23.1 Å². The van der Waals surface area contributed by atoms with Crippen LogP contribution in [0.4, 0.5) is 0 Å². The van der Waals surface area contributed by atoms with Crippen molar-refractivity contribution in [2.75, 3.05) is 34.4 Å². The van der Waals surface area contributed by atoms with Crippen LogP contribution in [0.2, 0.25) is 0 Å². The standard InChI is InChI=1S/C22H31I2N2O6PS/c1-28-14-26-19(13-31-34-33(23)24)22(20(26)27,30-15-29-2)12-16-11-18(5-10-25-16)32-17-3-6-21(7-4-17)8-9-21/h5,10-11,17,19H,3-4,6-9,12-15H2,1-2H3/t19-,22+/m0/s1. The lowest BCUT2D eigenvalue weighted by atomic mass is 9.78. The second kappa shape index (κ2) is 12.4. The lowest BCUT2D eigenvalue weighted by Gasteiger charge is -2.54. The van der Waals surface area contributed by atoms with Gasteiger partial charge in [0.25, 0.3) is 5.91 Å². The van der Waals surface area contributed by atoms with E-state index in [-0.39, 0.29) is 34.0 Å². The van der Waals surface area contributed by atoms with E-state index in [1.807, 2.05) is 12.1 Å². The highest BCUT2D eigenvalue weighted by Gasteiger charge is 2.62.